The Hall–Kier alpha value is -0.340. The maximum atomic E-state index is 3.69. The van der Waals surface area contributed by atoms with Crippen molar-refractivity contribution in [2.45, 2.75) is 58.5 Å². The summed E-state index contributed by atoms with van der Waals surface area (Å²) in [4.78, 5) is 2.99. The van der Waals surface area contributed by atoms with Crippen LogP contribution in [-0.2, 0) is 13.0 Å². The SMILES string of the molecule is CCc1ccc(CN[C@H](C)C2CCCC2)s1. The summed E-state index contributed by atoms with van der Waals surface area (Å²) < 4.78 is 0. The van der Waals surface area contributed by atoms with E-state index in [4.69, 9.17) is 0 Å². The average molecular weight is 237 g/mol. The highest BCUT2D eigenvalue weighted by Crippen LogP contribution is 2.27. The van der Waals surface area contributed by atoms with Crippen LogP contribution in [0, 0.1) is 5.92 Å². The van der Waals surface area contributed by atoms with Crippen LogP contribution in [0.1, 0.15) is 49.3 Å². The van der Waals surface area contributed by atoms with Crippen molar-refractivity contribution < 1.29 is 0 Å². The first-order chi connectivity index (χ1) is 7.79. The molecule has 0 unspecified atom stereocenters. The van der Waals surface area contributed by atoms with Gasteiger partial charge in [0.15, 0.2) is 0 Å². The Morgan fingerprint density at radius 2 is 2.00 bits per heavy atom. The molecule has 1 aromatic rings. The number of hydrogen-bond acceptors (Lipinski definition) is 2. The first-order valence-electron chi connectivity index (χ1n) is 6.60. The molecule has 0 saturated heterocycles. The van der Waals surface area contributed by atoms with Crippen molar-refractivity contribution in [1.29, 1.82) is 0 Å². The second-order valence-electron chi connectivity index (χ2n) is 4.94. The van der Waals surface area contributed by atoms with Gasteiger partial charge in [0, 0.05) is 22.3 Å². The summed E-state index contributed by atoms with van der Waals surface area (Å²) in [5.41, 5.74) is 0. The van der Waals surface area contributed by atoms with Gasteiger partial charge in [-0.25, -0.2) is 0 Å². The molecule has 2 heteroatoms. The van der Waals surface area contributed by atoms with Gasteiger partial charge in [-0.3, -0.25) is 0 Å². The number of rotatable bonds is 5. The standard InChI is InChI=1S/C14H23NS/c1-3-13-8-9-14(16-13)10-15-11(2)12-6-4-5-7-12/h8-9,11-12,15H,3-7,10H2,1-2H3/t11-/m1/s1. The predicted octanol–water partition coefficient (Wildman–Crippen LogP) is 3.98. The third-order valence-electron chi connectivity index (χ3n) is 3.77. The van der Waals surface area contributed by atoms with E-state index in [2.05, 4.69) is 31.3 Å². The Morgan fingerprint density at radius 3 is 2.62 bits per heavy atom. The van der Waals surface area contributed by atoms with E-state index in [0.717, 1.165) is 12.5 Å². The summed E-state index contributed by atoms with van der Waals surface area (Å²) in [6.45, 7) is 5.64. The Kier molecular flexibility index (Phi) is 4.42. The zero-order valence-corrected chi connectivity index (χ0v) is 11.3. The van der Waals surface area contributed by atoms with Crippen molar-refractivity contribution in [2.75, 3.05) is 0 Å². The molecule has 0 radical (unpaired) electrons. The molecular weight excluding hydrogens is 214 g/mol. The maximum Gasteiger partial charge on any atom is 0.0302 e. The highest BCUT2D eigenvalue weighted by Gasteiger charge is 2.20. The van der Waals surface area contributed by atoms with E-state index in [9.17, 15) is 0 Å². The van der Waals surface area contributed by atoms with Gasteiger partial charge in [-0.15, -0.1) is 11.3 Å². The number of nitrogens with one attached hydrogen (secondary N) is 1. The van der Waals surface area contributed by atoms with Crippen molar-refractivity contribution in [2.24, 2.45) is 5.92 Å². The topological polar surface area (TPSA) is 12.0 Å². The molecule has 0 aliphatic heterocycles. The second-order valence-corrected chi connectivity index (χ2v) is 6.19. The molecule has 90 valence electrons. The van der Waals surface area contributed by atoms with Crippen molar-refractivity contribution in [1.82, 2.24) is 5.32 Å². The van der Waals surface area contributed by atoms with Crippen LogP contribution in [0.25, 0.3) is 0 Å². The summed E-state index contributed by atoms with van der Waals surface area (Å²) in [5.74, 6) is 0.922. The lowest BCUT2D eigenvalue weighted by Gasteiger charge is -2.19. The normalized spacial score (nSPS) is 19.1. The summed E-state index contributed by atoms with van der Waals surface area (Å²) in [6.07, 6.45) is 6.91. The van der Waals surface area contributed by atoms with Crippen LogP contribution in [0.3, 0.4) is 0 Å². The summed E-state index contributed by atoms with van der Waals surface area (Å²) in [5, 5.41) is 3.69. The fourth-order valence-corrected chi connectivity index (χ4v) is 3.50. The lowest BCUT2D eigenvalue weighted by molar-refractivity contribution is 0.381. The van der Waals surface area contributed by atoms with Gasteiger partial charge in [0.1, 0.15) is 0 Å². The summed E-state index contributed by atoms with van der Waals surface area (Å²) >= 11 is 1.95. The highest BCUT2D eigenvalue weighted by molar-refractivity contribution is 7.11. The summed E-state index contributed by atoms with van der Waals surface area (Å²) in [6, 6.07) is 5.23. The van der Waals surface area contributed by atoms with Crippen molar-refractivity contribution in [3.05, 3.63) is 21.9 Å². The largest absolute Gasteiger partial charge is 0.309 e. The third-order valence-corrected chi connectivity index (χ3v) is 5.00. The number of thiophene rings is 1. The van der Waals surface area contributed by atoms with E-state index in [0.29, 0.717) is 6.04 Å². The fourth-order valence-electron chi connectivity index (χ4n) is 2.59. The molecule has 1 N–H and O–H groups in total. The smallest absolute Gasteiger partial charge is 0.0302 e. The van der Waals surface area contributed by atoms with E-state index in [1.165, 1.54) is 41.9 Å². The van der Waals surface area contributed by atoms with Gasteiger partial charge in [0.25, 0.3) is 0 Å². The van der Waals surface area contributed by atoms with Gasteiger partial charge in [0.2, 0.25) is 0 Å². The first-order valence-corrected chi connectivity index (χ1v) is 7.42. The Labute approximate surface area is 103 Å². The molecule has 1 aliphatic carbocycles. The van der Waals surface area contributed by atoms with E-state index >= 15 is 0 Å². The van der Waals surface area contributed by atoms with Crippen LogP contribution in [-0.4, -0.2) is 6.04 Å². The van der Waals surface area contributed by atoms with Crippen LogP contribution in [0.15, 0.2) is 12.1 Å². The maximum absolute atomic E-state index is 3.69. The molecular formula is C14H23NS. The second kappa shape index (κ2) is 5.83. The molecule has 0 aromatic carbocycles. The molecule has 1 atom stereocenters. The zero-order chi connectivity index (χ0) is 11.4. The minimum atomic E-state index is 0.690. The molecule has 1 fully saturated rings. The zero-order valence-electron chi connectivity index (χ0n) is 10.5. The van der Waals surface area contributed by atoms with E-state index in [1.807, 2.05) is 11.3 Å². The molecule has 0 bridgehead atoms. The lowest BCUT2D eigenvalue weighted by Crippen LogP contribution is -2.31. The van der Waals surface area contributed by atoms with Gasteiger partial charge >= 0.3 is 0 Å². The van der Waals surface area contributed by atoms with Crippen LogP contribution in [0.2, 0.25) is 0 Å². The highest BCUT2D eigenvalue weighted by atomic mass is 32.1. The van der Waals surface area contributed by atoms with Gasteiger partial charge < -0.3 is 5.32 Å². The van der Waals surface area contributed by atoms with E-state index < -0.39 is 0 Å². The molecule has 1 aromatic heterocycles. The molecule has 0 amide bonds. The molecule has 1 saturated carbocycles. The minimum absolute atomic E-state index is 0.690. The molecule has 1 aliphatic rings. The van der Waals surface area contributed by atoms with Crippen LogP contribution < -0.4 is 5.32 Å². The van der Waals surface area contributed by atoms with Gasteiger partial charge in [0.05, 0.1) is 0 Å². The minimum Gasteiger partial charge on any atom is -0.309 e. The fraction of sp³-hybridized carbons (Fsp3) is 0.714. The number of hydrogen-bond donors (Lipinski definition) is 1. The van der Waals surface area contributed by atoms with Crippen molar-refractivity contribution in [3.8, 4) is 0 Å². The van der Waals surface area contributed by atoms with Gasteiger partial charge in [-0.1, -0.05) is 19.8 Å². The van der Waals surface area contributed by atoms with E-state index in [1.54, 1.807) is 0 Å². The molecule has 16 heavy (non-hydrogen) atoms. The number of aryl methyl sites for hydroxylation is 1. The molecule has 0 spiro atoms. The Balaban J connectivity index is 1.77. The van der Waals surface area contributed by atoms with Gasteiger partial charge in [-0.05, 0) is 44.2 Å². The third kappa shape index (κ3) is 3.08. The lowest BCUT2D eigenvalue weighted by atomic mass is 10.00. The average Bonchev–Trinajstić information content (AvgIpc) is 2.96. The van der Waals surface area contributed by atoms with E-state index in [-0.39, 0.29) is 0 Å². The van der Waals surface area contributed by atoms with Crippen LogP contribution in [0.4, 0.5) is 0 Å². The van der Waals surface area contributed by atoms with Crippen LogP contribution >= 0.6 is 11.3 Å². The first kappa shape index (κ1) is 12.1. The quantitative estimate of drug-likeness (QED) is 0.817. The van der Waals surface area contributed by atoms with Crippen molar-refractivity contribution >= 4 is 11.3 Å². The summed E-state index contributed by atoms with van der Waals surface area (Å²) in [7, 11) is 0. The monoisotopic (exact) mass is 237 g/mol. The Morgan fingerprint density at radius 1 is 1.31 bits per heavy atom. The molecule has 1 nitrogen and oxygen atoms in total. The van der Waals surface area contributed by atoms with Crippen molar-refractivity contribution in [3.63, 3.8) is 0 Å². The predicted molar refractivity (Wildman–Crippen MR) is 72.0 cm³/mol. The van der Waals surface area contributed by atoms with Crippen LogP contribution in [0.5, 0.6) is 0 Å². The molecule has 2 rings (SSSR count). The van der Waals surface area contributed by atoms with Gasteiger partial charge in [-0.2, -0.15) is 0 Å². The Bertz CT molecular complexity index is 312. The molecule has 1 heterocycles.